The maximum atomic E-state index is 13.7. The van der Waals surface area contributed by atoms with Gasteiger partial charge in [-0.25, -0.2) is 4.90 Å². The van der Waals surface area contributed by atoms with Crippen LogP contribution in [0.4, 0.5) is 5.69 Å². The average molecular weight is 421 g/mol. The number of amides is 2. The highest BCUT2D eigenvalue weighted by Crippen LogP contribution is 2.64. The Kier molecular flexibility index (Phi) is 4.29. The van der Waals surface area contributed by atoms with Crippen molar-refractivity contribution < 1.29 is 14.3 Å². The molecule has 158 valence electrons. The van der Waals surface area contributed by atoms with Gasteiger partial charge in [0, 0.05) is 0 Å². The van der Waals surface area contributed by atoms with Crippen molar-refractivity contribution in [1.29, 1.82) is 0 Å². The number of imide groups is 1. The van der Waals surface area contributed by atoms with Crippen molar-refractivity contribution in [2.75, 3.05) is 12.0 Å². The minimum absolute atomic E-state index is 0.0405. The van der Waals surface area contributed by atoms with Gasteiger partial charge in [0.25, 0.3) is 0 Å². The Labute approximate surface area is 187 Å². The van der Waals surface area contributed by atoms with Gasteiger partial charge in [-0.15, -0.1) is 0 Å². The van der Waals surface area contributed by atoms with Crippen molar-refractivity contribution in [3.05, 3.63) is 96.1 Å². The fraction of sp³-hybridized carbons (Fsp3) is 0.214. The Morgan fingerprint density at radius 3 is 1.66 bits per heavy atom. The predicted octanol–water partition coefficient (Wildman–Crippen LogP) is 5.06. The summed E-state index contributed by atoms with van der Waals surface area (Å²) in [5.74, 6) is -0.214. The summed E-state index contributed by atoms with van der Waals surface area (Å²) >= 11 is 0. The number of ether oxygens (including phenoxy) is 1. The summed E-state index contributed by atoms with van der Waals surface area (Å²) < 4.78 is 5.47. The van der Waals surface area contributed by atoms with Crippen molar-refractivity contribution in [3.8, 4) is 5.75 Å². The third-order valence-corrected chi connectivity index (χ3v) is 7.30. The molecule has 4 atom stereocenters. The smallest absolute Gasteiger partial charge is 0.238 e. The van der Waals surface area contributed by atoms with Crippen molar-refractivity contribution in [2.24, 2.45) is 23.7 Å². The van der Waals surface area contributed by atoms with Crippen molar-refractivity contribution in [2.45, 2.75) is 6.42 Å². The molecule has 3 aliphatic rings. The molecule has 0 unspecified atom stereocenters. The fourth-order valence-corrected chi connectivity index (χ4v) is 6.15. The highest BCUT2D eigenvalue weighted by Gasteiger charge is 2.64. The molecular formula is C28H23NO3. The summed E-state index contributed by atoms with van der Waals surface area (Å²) in [6.45, 7) is 0. The molecule has 2 aliphatic carbocycles. The maximum Gasteiger partial charge on any atom is 0.238 e. The van der Waals surface area contributed by atoms with Gasteiger partial charge in [0.15, 0.2) is 0 Å². The number of para-hydroxylation sites is 2. The monoisotopic (exact) mass is 421 g/mol. The fourth-order valence-electron chi connectivity index (χ4n) is 6.15. The van der Waals surface area contributed by atoms with Gasteiger partial charge in [0.05, 0.1) is 24.6 Å². The lowest BCUT2D eigenvalue weighted by Gasteiger charge is -2.27. The summed E-state index contributed by atoms with van der Waals surface area (Å²) in [7, 11) is 1.57. The second-order valence-electron chi connectivity index (χ2n) is 8.74. The number of hydrogen-bond acceptors (Lipinski definition) is 3. The van der Waals surface area contributed by atoms with Gasteiger partial charge in [-0.2, -0.15) is 0 Å². The van der Waals surface area contributed by atoms with Gasteiger partial charge in [0.1, 0.15) is 5.75 Å². The first-order valence-corrected chi connectivity index (χ1v) is 11.1. The van der Waals surface area contributed by atoms with E-state index in [0.717, 1.165) is 17.5 Å². The molecule has 0 aromatic heterocycles. The Bertz CT molecular complexity index is 1170. The summed E-state index contributed by atoms with van der Waals surface area (Å²) in [4.78, 5) is 28.8. The maximum absolute atomic E-state index is 13.7. The molecule has 0 N–H and O–H groups in total. The van der Waals surface area contributed by atoms with Gasteiger partial charge < -0.3 is 4.74 Å². The molecule has 1 aliphatic heterocycles. The first kappa shape index (κ1) is 19.1. The number of fused-ring (bicyclic) bond motifs is 5. The summed E-state index contributed by atoms with van der Waals surface area (Å²) in [6.07, 6.45) is 0.848. The second kappa shape index (κ2) is 7.20. The van der Waals surface area contributed by atoms with Gasteiger partial charge in [0.2, 0.25) is 11.8 Å². The predicted molar refractivity (Wildman–Crippen MR) is 124 cm³/mol. The summed E-state index contributed by atoms with van der Waals surface area (Å²) in [5, 5.41) is 0. The molecule has 1 saturated carbocycles. The minimum Gasteiger partial charge on any atom is -0.495 e. The van der Waals surface area contributed by atoms with Crippen molar-refractivity contribution in [1.82, 2.24) is 0 Å². The molecular weight excluding hydrogens is 398 g/mol. The van der Waals surface area contributed by atoms with E-state index in [9.17, 15) is 9.59 Å². The number of benzene rings is 3. The highest BCUT2D eigenvalue weighted by molar-refractivity contribution is 6.25. The lowest BCUT2D eigenvalue weighted by Crippen LogP contribution is -2.33. The third-order valence-electron chi connectivity index (χ3n) is 7.30. The Balaban J connectivity index is 1.50. The topological polar surface area (TPSA) is 46.6 Å². The highest BCUT2D eigenvalue weighted by atomic mass is 16.5. The molecule has 4 nitrogen and oxygen atoms in total. The van der Waals surface area contributed by atoms with E-state index in [1.54, 1.807) is 19.2 Å². The SMILES string of the molecule is COc1ccccc1N1C(=O)[C@@H]2[C@H](C1=O)[C@@H]1C[C@@H]2C(c2ccccc2)=C1c1ccccc1. The van der Waals surface area contributed by atoms with E-state index in [0.29, 0.717) is 11.4 Å². The Hall–Kier alpha value is -3.66. The van der Waals surface area contributed by atoms with E-state index in [1.807, 2.05) is 48.5 Å². The minimum atomic E-state index is -0.319. The largest absolute Gasteiger partial charge is 0.495 e. The molecule has 0 radical (unpaired) electrons. The average Bonchev–Trinajstić information content (AvgIpc) is 3.49. The van der Waals surface area contributed by atoms with E-state index >= 15 is 0 Å². The number of carbonyl (C=O) groups is 2. The van der Waals surface area contributed by atoms with Gasteiger partial charge >= 0.3 is 0 Å². The quantitative estimate of drug-likeness (QED) is 0.553. The molecule has 4 heteroatoms. The molecule has 2 fully saturated rings. The van der Waals surface area contributed by atoms with Crippen LogP contribution in [0.15, 0.2) is 84.9 Å². The van der Waals surface area contributed by atoms with Crippen LogP contribution in [-0.4, -0.2) is 18.9 Å². The van der Waals surface area contributed by atoms with Gasteiger partial charge in [-0.05, 0) is 52.7 Å². The molecule has 3 aromatic carbocycles. The number of hydrogen-bond donors (Lipinski definition) is 0. The van der Waals surface area contributed by atoms with Crippen LogP contribution in [0.1, 0.15) is 17.5 Å². The number of allylic oxidation sites excluding steroid dienone is 2. The van der Waals surface area contributed by atoms with Crippen LogP contribution in [0.5, 0.6) is 5.75 Å². The Morgan fingerprint density at radius 2 is 1.16 bits per heavy atom. The molecule has 3 aromatic rings. The standard InChI is InChI=1S/C28H23NO3/c1-32-22-15-9-8-14-21(22)29-27(30)25-19-16-20(26(25)28(29)31)24(18-12-6-3-7-13-18)23(19)17-10-4-2-5-11-17/h2-15,19-20,25-26H,16H2,1H3/t19-,20-,25-,26+/m1/s1. The third kappa shape index (κ3) is 2.56. The van der Waals surface area contributed by atoms with Crippen LogP contribution in [-0.2, 0) is 9.59 Å². The molecule has 6 rings (SSSR count). The van der Waals surface area contributed by atoms with Crippen molar-refractivity contribution >= 4 is 28.6 Å². The normalized spacial score (nSPS) is 26.1. The van der Waals surface area contributed by atoms with Crippen LogP contribution in [0, 0.1) is 23.7 Å². The van der Waals surface area contributed by atoms with E-state index in [-0.39, 0.29) is 35.5 Å². The molecule has 2 amide bonds. The van der Waals surface area contributed by atoms with Gasteiger partial charge in [-0.3, -0.25) is 9.59 Å². The van der Waals surface area contributed by atoms with Crippen LogP contribution < -0.4 is 9.64 Å². The lowest BCUT2D eigenvalue weighted by atomic mass is 9.73. The van der Waals surface area contributed by atoms with Crippen LogP contribution >= 0.6 is 0 Å². The molecule has 2 bridgehead atoms. The second-order valence-corrected chi connectivity index (χ2v) is 8.74. The first-order valence-electron chi connectivity index (χ1n) is 11.1. The number of anilines is 1. The number of nitrogens with zero attached hydrogens (tertiary/aromatic N) is 1. The molecule has 0 spiro atoms. The van der Waals surface area contributed by atoms with E-state index in [2.05, 4.69) is 24.3 Å². The zero-order valence-corrected chi connectivity index (χ0v) is 17.8. The first-order chi connectivity index (χ1) is 15.7. The van der Waals surface area contributed by atoms with Crippen LogP contribution in [0.25, 0.3) is 11.1 Å². The van der Waals surface area contributed by atoms with Crippen LogP contribution in [0.3, 0.4) is 0 Å². The van der Waals surface area contributed by atoms with Crippen LogP contribution in [0.2, 0.25) is 0 Å². The lowest BCUT2D eigenvalue weighted by molar-refractivity contribution is -0.123. The number of methoxy groups -OCH3 is 1. The molecule has 1 saturated heterocycles. The van der Waals surface area contributed by atoms with Crippen molar-refractivity contribution in [3.63, 3.8) is 0 Å². The number of rotatable bonds is 4. The molecule has 32 heavy (non-hydrogen) atoms. The van der Waals surface area contributed by atoms with E-state index in [1.165, 1.54) is 16.0 Å². The molecule has 1 heterocycles. The number of carbonyl (C=O) groups excluding carboxylic acids is 2. The Morgan fingerprint density at radius 1 is 0.688 bits per heavy atom. The van der Waals surface area contributed by atoms with Gasteiger partial charge in [-0.1, -0.05) is 72.8 Å². The summed E-state index contributed by atoms with van der Waals surface area (Å²) in [6, 6.07) is 27.9. The summed E-state index contributed by atoms with van der Waals surface area (Å²) in [5.41, 5.74) is 5.29. The zero-order valence-electron chi connectivity index (χ0n) is 17.8. The van der Waals surface area contributed by atoms with E-state index < -0.39 is 0 Å². The van der Waals surface area contributed by atoms with E-state index in [4.69, 9.17) is 4.74 Å². The zero-order chi connectivity index (χ0) is 21.8.